The van der Waals surface area contributed by atoms with E-state index in [-0.39, 0.29) is 5.56 Å². The van der Waals surface area contributed by atoms with Crippen molar-refractivity contribution in [2.45, 2.75) is 33.6 Å². The molecule has 2 aromatic rings. The van der Waals surface area contributed by atoms with Crippen molar-refractivity contribution in [2.75, 3.05) is 0 Å². The van der Waals surface area contributed by atoms with Crippen LogP contribution in [0.1, 0.15) is 30.2 Å². The predicted octanol–water partition coefficient (Wildman–Crippen LogP) is 2.40. The summed E-state index contributed by atoms with van der Waals surface area (Å²) in [6.45, 7) is 6.03. The number of pyridine rings is 1. The Bertz CT molecular complexity index is 617. The summed E-state index contributed by atoms with van der Waals surface area (Å²) in [4.78, 5) is 23.2. The van der Waals surface area contributed by atoms with E-state index < -0.39 is 0 Å². The van der Waals surface area contributed by atoms with Crippen molar-refractivity contribution in [3.8, 4) is 11.5 Å². The van der Waals surface area contributed by atoms with Gasteiger partial charge >= 0.3 is 0 Å². The van der Waals surface area contributed by atoms with Crippen molar-refractivity contribution in [3.63, 3.8) is 0 Å². The van der Waals surface area contributed by atoms with Crippen molar-refractivity contribution in [2.24, 2.45) is 0 Å². The predicted molar refractivity (Wildman–Crippen MR) is 71.6 cm³/mol. The van der Waals surface area contributed by atoms with E-state index in [1.54, 1.807) is 12.3 Å². The largest absolute Gasteiger partial charge is 0.305 e. The van der Waals surface area contributed by atoms with E-state index in [0.29, 0.717) is 5.82 Å². The number of hydrogen-bond acceptors (Lipinski definition) is 3. The molecule has 2 heterocycles. The Morgan fingerprint density at radius 2 is 2.06 bits per heavy atom. The molecule has 0 radical (unpaired) electrons. The number of nitrogens with zero attached hydrogens (tertiary/aromatic N) is 2. The van der Waals surface area contributed by atoms with Crippen molar-refractivity contribution in [1.29, 1.82) is 0 Å². The summed E-state index contributed by atoms with van der Waals surface area (Å²) < 4.78 is 0. The summed E-state index contributed by atoms with van der Waals surface area (Å²) in [5.41, 5.74) is 3.56. The molecule has 0 atom stereocenters. The molecule has 2 rings (SSSR count). The van der Waals surface area contributed by atoms with E-state index >= 15 is 0 Å². The van der Waals surface area contributed by atoms with Crippen LogP contribution < -0.4 is 5.56 Å². The zero-order valence-corrected chi connectivity index (χ0v) is 10.9. The highest BCUT2D eigenvalue weighted by Crippen LogP contribution is 2.17. The zero-order chi connectivity index (χ0) is 13.1. The van der Waals surface area contributed by atoms with Gasteiger partial charge in [0.1, 0.15) is 5.69 Å². The van der Waals surface area contributed by atoms with Gasteiger partial charge in [-0.25, -0.2) is 4.98 Å². The van der Waals surface area contributed by atoms with Crippen LogP contribution in [0.25, 0.3) is 11.5 Å². The third-order valence-corrected chi connectivity index (χ3v) is 2.74. The molecule has 4 nitrogen and oxygen atoms in total. The molecule has 1 N–H and O–H groups in total. The lowest BCUT2D eigenvalue weighted by Crippen LogP contribution is -2.11. The smallest absolute Gasteiger partial charge is 0.251 e. The summed E-state index contributed by atoms with van der Waals surface area (Å²) in [5, 5.41) is 0. The second-order valence-electron chi connectivity index (χ2n) is 4.51. The highest BCUT2D eigenvalue weighted by atomic mass is 16.1. The van der Waals surface area contributed by atoms with E-state index in [9.17, 15) is 4.79 Å². The van der Waals surface area contributed by atoms with Crippen LogP contribution in [0, 0.1) is 13.8 Å². The molecular weight excluding hydrogens is 226 g/mol. The maximum Gasteiger partial charge on any atom is 0.251 e. The van der Waals surface area contributed by atoms with Crippen molar-refractivity contribution in [1.82, 2.24) is 15.0 Å². The minimum Gasteiger partial charge on any atom is -0.305 e. The van der Waals surface area contributed by atoms with Crippen molar-refractivity contribution >= 4 is 0 Å². The topological polar surface area (TPSA) is 58.6 Å². The summed E-state index contributed by atoms with van der Waals surface area (Å²) in [5.74, 6) is 0.559. The molecule has 0 aliphatic heterocycles. The molecule has 0 fully saturated rings. The van der Waals surface area contributed by atoms with Crippen LogP contribution in [0.3, 0.4) is 0 Å². The molecular formula is C14H17N3O. The van der Waals surface area contributed by atoms with Crippen LogP contribution in [0.4, 0.5) is 0 Å². The molecule has 0 amide bonds. The Balaban J connectivity index is 2.53. The third-order valence-electron chi connectivity index (χ3n) is 2.74. The second-order valence-corrected chi connectivity index (χ2v) is 4.51. The average Bonchev–Trinajstić information content (AvgIpc) is 2.28. The normalized spacial score (nSPS) is 10.6. The van der Waals surface area contributed by atoms with Crippen LogP contribution in [0.15, 0.2) is 23.1 Å². The van der Waals surface area contributed by atoms with Crippen molar-refractivity contribution < 1.29 is 0 Å². The lowest BCUT2D eigenvalue weighted by atomic mass is 10.1. The SMILES string of the molecule is CCCc1cc(=O)[nH]c(-c2ncc(C)cc2C)n1. The Labute approximate surface area is 106 Å². The van der Waals surface area contributed by atoms with Gasteiger partial charge in [-0.15, -0.1) is 0 Å². The number of H-pyrrole nitrogens is 1. The fraction of sp³-hybridized carbons (Fsp3) is 0.357. The van der Waals surface area contributed by atoms with Gasteiger partial charge in [0.2, 0.25) is 0 Å². The first-order chi connectivity index (χ1) is 8.60. The number of hydrogen-bond donors (Lipinski definition) is 1. The first-order valence-electron chi connectivity index (χ1n) is 6.14. The Morgan fingerprint density at radius 1 is 1.28 bits per heavy atom. The Kier molecular flexibility index (Phi) is 3.55. The van der Waals surface area contributed by atoms with Gasteiger partial charge in [-0.05, 0) is 31.4 Å². The number of nitrogens with one attached hydrogen (secondary N) is 1. The Morgan fingerprint density at radius 3 is 2.72 bits per heavy atom. The summed E-state index contributed by atoms with van der Waals surface area (Å²) in [7, 11) is 0. The van der Waals surface area contributed by atoms with Crippen molar-refractivity contribution in [3.05, 3.63) is 45.5 Å². The van der Waals surface area contributed by atoms with E-state index in [1.165, 1.54) is 0 Å². The van der Waals surface area contributed by atoms with Crippen LogP contribution in [-0.2, 0) is 6.42 Å². The van der Waals surface area contributed by atoms with Gasteiger partial charge in [0.15, 0.2) is 5.82 Å². The minimum absolute atomic E-state index is 0.120. The molecule has 0 saturated carbocycles. The third kappa shape index (κ3) is 2.64. The number of aromatic amines is 1. The number of aromatic nitrogens is 3. The molecule has 18 heavy (non-hydrogen) atoms. The molecule has 4 heteroatoms. The van der Waals surface area contributed by atoms with Gasteiger partial charge in [-0.3, -0.25) is 9.78 Å². The summed E-state index contributed by atoms with van der Waals surface area (Å²) in [6.07, 6.45) is 3.56. The lowest BCUT2D eigenvalue weighted by molar-refractivity contribution is 0.867. The van der Waals surface area contributed by atoms with E-state index in [2.05, 4.69) is 21.9 Å². The maximum absolute atomic E-state index is 11.6. The molecule has 0 aromatic carbocycles. The fourth-order valence-electron chi connectivity index (χ4n) is 1.97. The lowest BCUT2D eigenvalue weighted by Gasteiger charge is -2.06. The minimum atomic E-state index is -0.120. The number of aryl methyl sites for hydroxylation is 3. The fourth-order valence-corrected chi connectivity index (χ4v) is 1.97. The quantitative estimate of drug-likeness (QED) is 0.900. The van der Waals surface area contributed by atoms with E-state index in [4.69, 9.17) is 0 Å². The highest BCUT2D eigenvalue weighted by Gasteiger charge is 2.08. The molecule has 0 bridgehead atoms. The van der Waals surface area contributed by atoms with Gasteiger partial charge in [-0.2, -0.15) is 0 Å². The number of rotatable bonds is 3. The van der Waals surface area contributed by atoms with Gasteiger partial charge in [-0.1, -0.05) is 19.4 Å². The van der Waals surface area contributed by atoms with Crippen LogP contribution in [0.5, 0.6) is 0 Å². The first-order valence-corrected chi connectivity index (χ1v) is 6.14. The average molecular weight is 243 g/mol. The van der Waals surface area contributed by atoms with Gasteiger partial charge in [0, 0.05) is 18.0 Å². The molecule has 0 aliphatic carbocycles. The maximum atomic E-state index is 11.6. The molecule has 0 spiro atoms. The first kappa shape index (κ1) is 12.5. The molecule has 0 unspecified atom stereocenters. The molecule has 2 aromatic heterocycles. The molecule has 94 valence electrons. The van der Waals surface area contributed by atoms with Crippen LogP contribution >= 0.6 is 0 Å². The van der Waals surface area contributed by atoms with Gasteiger partial charge in [0.05, 0.1) is 0 Å². The monoisotopic (exact) mass is 243 g/mol. The van der Waals surface area contributed by atoms with Gasteiger partial charge in [0.25, 0.3) is 5.56 Å². The molecule has 0 aliphatic rings. The van der Waals surface area contributed by atoms with Gasteiger partial charge < -0.3 is 4.98 Å². The zero-order valence-electron chi connectivity index (χ0n) is 10.9. The molecule has 0 saturated heterocycles. The van der Waals surface area contributed by atoms with E-state index in [0.717, 1.165) is 35.4 Å². The Hall–Kier alpha value is -1.97. The summed E-state index contributed by atoms with van der Waals surface area (Å²) >= 11 is 0. The van der Waals surface area contributed by atoms with Crippen LogP contribution in [-0.4, -0.2) is 15.0 Å². The second kappa shape index (κ2) is 5.12. The summed E-state index contributed by atoms with van der Waals surface area (Å²) in [6, 6.07) is 3.59. The highest BCUT2D eigenvalue weighted by molar-refractivity contribution is 5.54. The van der Waals surface area contributed by atoms with Crippen LogP contribution in [0.2, 0.25) is 0 Å². The van der Waals surface area contributed by atoms with E-state index in [1.807, 2.05) is 19.9 Å². The standard InChI is InChI=1S/C14H17N3O/c1-4-5-11-7-12(18)17-14(16-11)13-10(3)6-9(2)8-15-13/h6-8H,4-5H2,1-3H3,(H,16,17,18).